The van der Waals surface area contributed by atoms with Crippen LogP contribution in [0.25, 0.3) is 0 Å². The quantitative estimate of drug-likeness (QED) is 0.874. The maximum atomic E-state index is 9.41. The molecule has 1 saturated carbocycles. The molecule has 1 aliphatic rings. The molecule has 0 aromatic heterocycles. The Kier molecular flexibility index (Phi) is 4.95. The Labute approximate surface area is 128 Å². The molecule has 118 valence electrons. The van der Waals surface area contributed by atoms with Crippen LogP contribution < -0.4 is 10.5 Å². The van der Waals surface area contributed by atoms with E-state index < -0.39 is 5.54 Å². The van der Waals surface area contributed by atoms with Crippen LogP contribution in [0.4, 0.5) is 0 Å². The number of aliphatic hydroxyl groups excluding tert-OH is 1. The largest absolute Gasteiger partial charge is 0.490 e. The van der Waals surface area contributed by atoms with E-state index in [0.717, 1.165) is 37.9 Å². The van der Waals surface area contributed by atoms with Gasteiger partial charge in [-0.1, -0.05) is 32.9 Å². The predicted octanol–water partition coefficient (Wildman–Crippen LogP) is 3.39. The van der Waals surface area contributed by atoms with Gasteiger partial charge in [0.05, 0.1) is 6.61 Å². The highest BCUT2D eigenvalue weighted by atomic mass is 16.5. The molecule has 2 rings (SSSR count). The molecule has 3 N–H and O–H groups in total. The first-order valence-electron chi connectivity index (χ1n) is 8.05. The average Bonchev–Trinajstić information content (AvgIpc) is 2.48. The second-order valence-electron chi connectivity index (χ2n) is 7.12. The Morgan fingerprint density at radius 1 is 1.33 bits per heavy atom. The zero-order valence-electron chi connectivity index (χ0n) is 13.6. The van der Waals surface area contributed by atoms with Gasteiger partial charge in [0.15, 0.2) is 0 Å². The lowest BCUT2D eigenvalue weighted by molar-refractivity contribution is 0.0729. The van der Waals surface area contributed by atoms with Crippen LogP contribution in [0.3, 0.4) is 0 Å². The van der Waals surface area contributed by atoms with Gasteiger partial charge in [-0.2, -0.15) is 0 Å². The molecule has 0 saturated heterocycles. The summed E-state index contributed by atoms with van der Waals surface area (Å²) in [4.78, 5) is 0. The second-order valence-corrected chi connectivity index (χ2v) is 7.12. The highest BCUT2D eigenvalue weighted by Crippen LogP contribution is 2.31. The standard InChI is InChI=1S/C18H29NO2/c1-4-17(2,3)14-7-9-15(10-8-14)21-16-6-5-11-18(19,12-16)13-20/h7-10,16,20H,4-6,11-13,19H2,1-3H3. The zero-order valence-corrected chi connectivity index (χ0v) is 13.6. The van der Waals surface area contributed by atoms with Crippen molar-refractivity contribution in [3.8, 4) is 5.75 Å². The summed E-state index contributed by atoms with van der Waals surface area (Å²) in [6.45, 7) is 6.76. The van der Waals surface area contributed by atoms with Crippen LogP contribution in [0.15, 0.2) is 24.3 Å². The molecule has 3 nitrogen and oxygen atoms in total. The van der Waals surface area contributed by atoms with Crippen LogP contribution in [0.1, 0.15) is 58.4 Å². The summed E-state index contributed by atoms with van der Waals surface area (Å²) in [6.07, 6.45) is 4.87. The van der Waals surface area contributed by atoms with Crippen molar-refractivity contribution in [2.45, 2.75) is 69.9 Å². The molecule has 0 spiro atoms. The van der Waals surface area contributed by atoms with Gasteiger partial charge in [0.2, 0.25) is 0 Å². The lowest BCUT2D eigenvalue weighted by Gasteiger charge is -2.36. The van der Waals surface area contributed by atoms with Gasteiger partial charge in [0.25, 0.3) is 0 Å². The van der Waals surface area contributed by atoms with E-state index in [9.17, 15) is 5.11 Å². The van der Waals surface area contributed by atoms with Gasteiger partial charge < -0.3 is 15.6 Å². The molecule has 1 fully saturated rings. The van der Waals surface area contributed by atoms with Crippen molar-refractivity contribution >= 4 is 0 Å². The fraction of sp³-hybridized carbons (Fsp3) is 0.667. The lowest BCUT2D eigenvalue weighted by Crippen LogP contribution is -2.50. The van der Waals surface area contributed by atoms with Crippen molar-refractivity contribution in [3.05, 3.63) is 29.8 Å². The SMILES string of the molecule is CCC(C)(C)c1ccc(OC2CCCC(N)(CO)C2)cc1. The number of rotatable bonds is 5. The van der Waals surface area contributed by atoms with E-state index in [4.69, 9.17) is 10.5 Å². The summed E-state index contributed by atoms with van der Waals surface area (Å²) in [5.74, 6) is 0.901. The lowest BCUT2D eigenvalue weighted by atomic mass is 9.81. The van der Waals surface area contributed by atoms with Crippen molar-refractivity contribution < 1.29 is 9.84 Å². The molecule has 0 radical (unpaired) electrons. The fourth-order valence-electron chi connectivity index (χ4n) is 2.96. The number of hydrogen-bond donors (Lipinski definition) is 2. The van der Waals surface area contributed by atoms with Gasteiger partial charge in [-0.3, -0.25) is 0 Å². The van der Waals surface area contributed by atoms with E-state index in [2.05, 4.69) is 45.0 Å². The third-order valence-electron chi connectivity index (χ3n) is 4.97. The molecular weight excluding hydrogens is 262 g/mol. The summed E-state index contributed by atoms with van der Waals surface area (Å²) in [5.41, 5.74) is 7.24. The van der Waals surface area contributed by atoms with E-state index in [1.54, 1.807) is 0 Å². The van der Waals surface area contributed by atoms with Gasteiger partial charge in [0.1, 0.15) is 11.9 Å². The summed E-state index contributed by atoms with van der Waals surface area (Å²) in [6, 6.07) is 8.42. The first-order chi connectivity index (χ1) is 9.88. The van der Waals surface area contributed by atoms with Crippen molar-refractivity contribution in [2.75, 3.05) is 6.61 Å². The smallest absolute Gasteiger partial charge is 0.119 e. The molecule has 1 aromatic carbocycles. The van der Waals surface area contributed by atoms with Crippen LogP contribution in [-0.2, 0) is 5.41 Å². The number of nitrogens with two attached hydrogens (primary N) is 1. The second kappa shape index (κ2) is 6.37. The molecule has 0 amide bonds. The van der Waals surface area contributed by atoms with E-state index in [-0.39, 0.29) is 18.1 Å². The molecule has 3 heteroatoms. The maximum Gasteiger partial charge on any atom is 0.119 e. The Bertz CT molecular complexity index is 455. The number of hydrogen-bond acceptors (Lipinski definition) is 3. The molecule has 1 aliphatic carbocycles. The number of ether oxygens (including phenoxy) is 1. The number of benzene rings is 1. The molecule has 0 bridgehead atoms. The third kappa shape index (κ3) is 3.98. The molecule has 0 heterocycles. The van der Waals surface area contributed by atoms with Crippen LogP contribution in [0.2, 0.25) is 0 Å². The van der Waals surface area contributed by atoms with Gasteiger partial charge in [-0.15, -0.1) is 0 Å². The first-order valence-corrected chi connectivity index (χ1v) is 8.05. The van der Waals surface area contributed by atoms with Gasteiger partial charge in [-0.25, -0.2) is 0 Å². The molecule has 1 aromatic rings. The normalized spacial score (nSPS) is 26.6. The average molecular weight is 291 g/mol. The fourth-order valence-corrected chi connectivity index (χ4v) is 2.96. The Hall–Kier alpha value is -1.06. The molecule has 2 unspecified atom stereocenters. The summed E-state index contributed by atoms with van der Waals surface area (Å²) in [5, 5.41) is 9.41. The van der Waals surface area contributed by atoms with E-state index in [0.29, 0.717) is 0 Å². The van der Waals surface area contributed by atoms with Gasteiger partial charge in [0, 0.05) is 12.0 Å². The van der Waals surface area contributed by atoms with Crippen molar-refractivity contribution in [2.24, 2.45) is 5.73 Å². The molecule has 2 atom stereocenters. The Morgan fingerprint density at radius 3 is 2.57 bits per heavy atom. The predicted molar refractivity (Wildman–Crippen MR) is 86.6 cm³/mol. The Balaban J connectivity index is 2.00. The zero-order chi connectivity index (χ0) is 15.5. The van der Waals surface area contributed by atoms with E-state index in [1.807, 2.05) is 0 Å². The first kappa shape index (κ1) is 16.3. The van der Waals surface area contributed by atoms with E-state index in [1.165, 1.54) is 5.56 Å². The highest BCUT2D eigenvalue weighted by Gasteiger charge is 2.33. The van der Waals surface area contributed by atoms with Crippen LogP contribution in [-0.4, -0.2) is 23.4 Å². The molecular formula is C18H29NO2. The summed E-state index contributed by atoms with van der Waals surface area (Å²) < 4.78 is 6.06. The summed E-state index contributed by atoms with van der Waals surface area (Å²) >= 11 is 0. The highest BCUT2D eigenvalue weighted by molar-refractivity contribution is 5.31. The third-order valence-corrected chi connectivity index (χ3v) is 4.97. The monoisotopic (exact) mass is 291 g/mol. The topological polar surface area (TPSA) is 55.5 Å². The van der Waals surface area contributed by atoms with Gasteiger partial charge >= 0.3 is 0 Å². The minimum Gasteiger partial charge on any atom is -0.490 e. The van der Waals surface area contributed by atoms with Crippen molar-refractivity contribution in [1.82, 2.24) is 0 Å². The van der Waals surface area contributed by atoms with Crippen LogP contribution >= 0.6 is 0 Å². The maximum absolute atomic E-state index is 9.41. The minimum absolute atomic E-state index is 0.0382. The van der Waals surface area contributed by atoms with Crippen LogP contribution in [0, 0.1) is 0 Å². The van der Waals surface area contributed by atoms with Gasteiger partial charge in [-0.05, 0) is 48.8 Å². The Morgan fingerprint density at radius 2 is 2.00 bits per heavy atom. The molecule has 0 aliphatic heterocycles. The molecule has 21 heavy (non-hydrogen) atoms. The van der Waals surface area contributed by atoms with Crippen molar-refractivity contribution in [1.29, 1.82) is 0 Å². The van der Waals surface area contributed by atoms with Crippen LogP contribution in [0.5, 0.6) is 5.75 Å². The minimum atomic E-state index is -0.465. The van der Waals surface area contributed by atoms with E-state index >= 15 is 0 Å². The summed E-state index contributed by atoms with van der Waals surface area (Å²) in [7, 11) is 0. The van der Waals surface area contributed by atoms with Crippen molar-refractivity contribution in [3.63, 3.8) is 0 Å². The number of aliphatic hydroxyl groups is 1.